The van der Waals surface area contributed by atoms with Gasteiger partial charge in [0, 0.05) is 24.0 Å². The van der Waals surface area contributed by atoms with E-state index in [1.165, 1.54) is 6.20 Å². The zero-order valence-corrected chi connectivity index (χ0v) is 13.0. The number of carbonyl (C=O) groups is 1. The molecule has 0 atom stereocenters. The standard InChI is InChI=1S/C16H20N6O/c1-10-3-2-4-11(7-10)21-14-12(13(17)23)8-19-15(22-14)20-9-16(18)5-6-16/h2-4,7-8H,5-6,9,18H2,1H3,(H2,17,23)(H2,19,20,21,22). The summed E-state index contributed by atoms with van der Waals surface area (Å²) in [5.41, 5.74) is 13.5. The Hall–Kier alpha value is -2.67. The minimum absolute atomic E-state index is 0.157. The first kappa shape index (κ1) is 15.2. The maximum atomic E-state index is 11.6. The molecule has 7 heteroatoms. The van der Waals surface area contributed by atoms with Crippen molar-refractivity contribution >= 4 is 23.4 Å². The highest BCUT2D eigenvalue weighted by Crippen LogP contribution is 2.32. The second-order valence-electron chi connectivity index (χ2n) is 6.03. The number of hydrogen-bond donors (Lipinski definition) is 4. The summed E-state index contributed by atoms with van der Waals surface area (Å²) in [6.07, 6.45) is 3.41. The number of hydrogen-bond acceptors (Lipinski definition) is 6. The molecule has 23 heavy (non-hydrogen) atoms. The van der Waals surface area contributed by atoms with Gasteiger partial charge in [0.05, 0.1) is 0 Å². The first-order valence-electron chi connectivity index (χ1n) is 7.48. The van der Waals surface area contributed by atoms with Crippen LogP contribution in [0.2, 0.25) is 0 Å². The molecule has 1 saturated carbocycles. The first-order valence-corrected chi connectivity index (χ1v) is 7.48. The van der Waals surface area contributed by atoms with E-state index in [0.717, 1.165) is 24.1 Å². The first-order chi connectivity index (χ1) is 11.0. The molecule has 1 aliphatic carbocycles. The van der Waals surface area contributed by atoms with Gasteiger partial charge in [-0.25, -0.2) is 4.98 Å². The van der Waals surface area contributed by atoms with E-state index in [1.807, 2.05) is 31.2 Å². The van der Waals surface area contributed by atoms with E-state index in [2.05, 4.69) is 20.6 Å². The van der Waals surface area contributed by atoms with Crippen molar-refractivity contribution in [3.63, 3.8) is 0 Å². The van der Waals surface area contributed by atoms with E-state index in [4.69, 9.17) is 11.5 Å². The number of aryl methyl sites for hydroxylation is 1. The SMILES string of the molecule is Cc1cccc(Nc2nc(NCC3(N)CC3)ncc2C(N)=O)c1. The van der Waals surface area contributed by atoms with Crippen molar-refractivity contribution in [1.29, 1.82) is 0 Å². The second kappa shape index (κ2) is 5.85. The number of carbonyl (C=O) groups excluding carboxylic acids is 1. The number of nitrogens with zero attached hydrogens (tertiary/aromatic N) is 2. The van der Waals surface area contributed by atoms with E-state index < -0.39 is 5.91 Å². The van der Waals surface area contributed by atoms with Gasteiger partial charge < -0.3 is 22.1 Å². The van der Waals surface area contributed by atoms with Gasteiger partial charge in [-0.05, 0) is 37.5 Å². The largest absolute Gasteiger partial charge is 0.365 e. The predicted octanol–water partition coefficient (Wildman–Crippen LogP) is 1.53. The van der Waals surface area contributed by atoms with E-state index in [1.54, 1.807) is 0 Å². The van der Waals surface area contributed by atoms with Gasteiger partial charge in [-0.2, -0.15) is 4.98 Å². The van der Waals surface area contributed by atoms with Crippen molar-refractivity contribution in [2.45, 2.75) is 25.3 Å². The summed E-state index contributed by atoms with van der Waals surface area (Å²) in [5, 5.41) is 6.24. The zero-order valence-electron chi connectivity index (χ0n) is 13.0. The van der Waals surface area contributed by atoms with Crippen LogP contribution in [0.15, 0.2) is 30.5 Å². The Bertz CT molecular complexity index is 741. The summed E-state index contributed by atoms with van der Waals surface area (Å²) in [6.45, 7) is 2.59. The van der Waals surface area contributed by atoms with Crippen LogP contribution in [0.1, 0.15) is 28.8 Å². The van der Waals surface area contributed by atoms with Gasteiger partial charge in [0.2, 0.25) is 5.95 Å². The molecule has 1 aliphatic rings. The topological polar surface area (TPSA) is 119 Å². The molecule has 6 N–H and O–H groups in total. The second-order valence-corrected chi connectivity index (χ2v) is 6.03. The molecule has 1 fully saturated rings. The summed E-state index contributed by atoms with van der Waals surface area (Å²) in [5.74, 6) is 0.216. The van der Waals surface area contributed by atoms with Gasteiger partial charge in [-0.15, -0.1) is 0 Å². The van der Waals surface area contributed by atoms with Crippen LogP contribution >= 0.6 is 0 Å². The third-order valence-electron chi connectivity index (χ3n) is 3.83. The molecule has 0 aliphatic heterocycles. The van der Waals surface area contributed by atoms with E-state index >= 15 is 0 Å². The number of nitrogens with two attached hydrogens (primary N) is 2. The number of rotatable bonds is 6. The molecule has 3 rings (SSSR count). The number of aromatic nitrogens is 2. The molecule has 0 bridgehead atoms. The molecule has 0 saturated heterocycles. The van der Waals surface area contributed by atoms with Gasteiger partial charge in [-0.3, -0.25) is 4.79 Å². The normalized spacial score (nSPS) is 15.0. The summed E-state index contributed by atoms with van der Waals surface area (Å²) >= 11 is 0. The Balaban J connectivity index is 1.83. The van der Waals surface area contributed by atoms with Crippen LogP contribution in [0, 0.1) is 6.92 Å². The van der Waals surface area contributed by atoms with Crippen molar-refractivity contribution in [2.75, 3.05) is 17.2 Å². The fourth-order valence-corrected chi connectivity index (χ4v) is 2.19. The maximum Gasteiger partial charge on any atom is 0.254 e. The van der Waals surface area contributed by atoms with Crippen LogP contribution in [0.5, 0.6) is 0 Å². The molecule has 0 spiro atoms. The van der Waals surface area contributed by atoms with Gasteiger partial charge in [0.15, 0.2) is 0 Å². The molecule has 7 nitrogen and oxygen atoms in total. The molecule has 1 aromatic carbocycles. The van der Waals surface area contributed by atoms with Gasteiger partial charge in [-0.1, -0.05) is 12.1 Å². The zero-order chi connectivity index (χ0) is 16.4. The number of amides is 1. The van der Waals surface area contributed by atoms with Crippen molar-refractivity contribution in [1.82, 2.24) is 9.97 Å². The van der Waals surface area contributed by atoms with E-state index in [-0.39, 0.29) is 11.1 Å². The van der Waals surface area contributed by atoms with E-state index in [0.29, 0.717) is 18.3 Å². The molecular formula is C16H20N6O. The molecule has 0 radical (unpaired) electrons. The lowest BCUT2D eigenvalue weighted by Gasteiger charge is -2.13. The average Bonchev–Trinajstić information content (AvgIpc) is 3.23. The smallest absolute Gasteiger partial charge is 0.254 e. The molecule has 0 unspecified atom stereocenters. The van der Waals surface area contributed by atoms with Gasteiger partial charge >= 0.3 is 0 Å². The van der Waals surface area contributed by atoms with Crippen molar-refractivity contribution in [2.24, 2.45) is 11.5 Å². The molecular weight excluding hydrogens is 292 g/mol. The summed E-state index contributed by atoms with van der Waals surface area (Å²) in [6, 6.07) is 7.77. The van der Waals surface area contributed by atoms with Crippen LogP contribution in [0.4, 0.5) is 17.5 Å². The molecule has 1 heterocycles. The van der Waals surface area contributed by atoms with Crippen molar-refractivity contribution in [3.8, 4) is 0 Å². The third-order valence-corrected chi connectivity index (χ3v) is 3.83. The van der Waals surface area contributed by atoms with Gasteiger partial charge in [0.1, 0.15) is 11.4 Å². The predicted molar refractivity (Wildman–Crippen MR) is 89.7 cm³/mol. The number of anilines is 3. The Kier molecular flexibility index (Phi) is 3.87. The minimum Gasteiger partial charge on any atom is -0.365 e. The van der Waals surface area contributed by atoms with Crippen LogP contribution in [-0.4, -0.2) is 28.0 Å². The number of benzene rings is 1. The van der Waals surface area contributed by atoms with Crippen LogP contribution < -0.4 is 22.1 Å². The quantitative estimate of drug-likeness (QED) is 0.642. The van der Waals surface area contributed by atoms with E-state index in [9.17, 15) is 4.79 Å². The van der Waals surface area contributed by atoms with Crippen molar-refractivity contribution in [3.05, 3.63) is 41.6 Å². The highest BCUT2D eigenvalue weighted by molar-refractivity contribution is 5.98. The summed E-state index contributed by atoms with van der Waals surface area (Å²) in [7, 11) is 0. The molecule has 2 aromatic rings. The maximum absolute atomic E-state index is 11.6. The Morgan fingerprint density at radius 3 is 2.83 bits per heavy atom. The summed E-state index contributed by atoms with van der Waals surface area (Å²) in [4.78, 5) is 20.1. The highest BCUT2D eigenvalue weighted by Gasteiger charge is 2.38. The van der Waals surface area contributed by atoms with Gasteiger partial charge in [0.25, 0.3) is 5.91 Å². The average molecular weight is 312 g/mol. The lowest BCUT2D eigenvalue weighted by atomic mass is 10.2. The Morgan fingerprint density at radius 2 is 2.17 bits per heavy atom. The summed E-state index contributed by atoms with van der Waals surface area (Å²) < 4.78 is 0. The van der Waals surface area contributed by atoms with Crippen LogP contribution in [0.25, 0.3) is 0 Å². The Labute approximate surface area is 134 Å². The van der Waals surface area contributed by atoms with Crippen LogP contribution in [0.3, 0.4) is 0 Å². The lowest BCUT2D eigenvalue weighted by Crippen LogP contribution is -2.31. The number of nitrogens with one attached hydrogen (secondary N) is 2. The fourth-order valence-electron chi connectivity index (χ4n) is 2.19. The molecule has 1 aromatic heterocycles. The van der Waals surface area contributed by atoms with Crippen LogP contribution in [-0.2, 0) is 0 Å². The molecule has 120 valence electrons. The number of primary amides is 1. The highest BCUT2D eigenvalue weighted by atomic mass is 16.1. The molecule has 1 amide bonds. The fraction of sp³-hybridized carbons (Fsp3) is 0.312. The van der Waals surface area contributed by atoms with Crippen molar-refractivity contribution < 1.29 is 4.79 Å². The monoisotopic (exact) mass is 312 g/mol. The minimum atomic E-state index is -0.579. The Morgan fingerprint density at radius 1 is 1.39 bits per heavy atom. The lowest BCUT2D eigenvalue weighted by molar-refractivity contribution is 0.100. The third kappa shape index (κ3) is 3.75.